The van der Waals surface area contributed by atoms with Crippen LogP contribution in [0.25, 0.3) is 0 Å². The zero-order chi connectivity index (χ0) is 13.9. The van der Waals surface area contributed by atoms with Gasteiger partial charge in [0, 0.05) is 12.7 Å². The summed E-state index contributed by atoms with van der Waals surface area (Å²) in [6.07, 6.45) is 0. The Morgan fingerprint density at radius 1 is 1.33 bits per heavy atom. The molecule has 0 spiro atoms. The monoisotopic (exact) mass is 270 g/mol. The zero-order valence-electron chi connectivity index (χ0n) is 10.4. The van der Waals surface area contributed by atoms with Crippen LogP contribution in [0.3, 0.4) is 0 Å². The summed E-state index contributed by atoms with van der Waals surface area (Å²) < 4.78 is 13.7. The average molecular weight is 270 g/mol. The number of thiol groups is 1. The van der Waals surface area contributed by atoms with Crippen molar-refractivity contribution in [1.29, 1.82) is 0 Å². The molecule has 0 bridgehead atoms. The second-order valence-corrected chi connectivity index (χ2v) is 4.74. The molecule has 1 aromatic rings. The maximum atomic E-state index is 13.7. The van der Waals surface area contributed by atoms with Crippen LogP contribution in [0.5, 0.6) is 0 Å². The maximum absolute atomic E-state index is 13.7. The second-order valence-electron chi connectivity index (χ2n) is 4.33. The van der Waals surface area contributed by atoms with Crippen LogP contribution in [-0.4, -0.2) is 23.6 Å². The molecule has 0 radical (unpaired) electrons. The predicted molar refractivity (Wildman–Crippen MR) is 71.5 cm³/mol. The number of rotatable bonds is 4. The fourth-order valence-electron chi connectivity index (χ4n) is 1.33. The third kappa shape index (κ3) is 3.22. The van der Waals surface area contributed by atoms with Gasteiger partial charge in [-0.15, -0.1) is 12.6 Å². The van der Waals surface area contributed by atoms with Gasteiger partial charge in [-0.1, -0.05) is 0 Å². The molecular formula is C12H15FN2O2S. The lowest BCUT2D eigenvalue weighted by Crippen LogP contribution is -2.37. The Hall–Kier alpha value is -1.56. The van der Waals surface area contributed by atoms with Crippen molar-refractivity contribution in [3.63, 3.8) is 0 Å². The molecule has 0 aliphatic heterocycles. The summed E-state index contributed by atoms with van der Waals surface area (Å²) in [5, 5.41) is 4.82. The summed E-state index contributed by atoms with van der Waals surface area (Å²) in [4.78, 5) is 22.5. The number of nitrogens with one attached hydrogen (secondary N) is 2. The van der Waals surface area contributed by atoms with Crippen LogP contribution in [-0.2, 0) is 4.79 Å². The SMILES string of the molecule is CNC(=O)c1ccc(NC(C)(C)C(=O)S)cc1F. The van der Waals surface area contributed by atoms with Gasteiger partial charge < -0.3 is 10.6 Å². The number of carbonyl (C=O) groups is 2. The first kappa shape index (κ1) is 14.5. The summed E-state index contributed by atoms with van der Waals surface area (Å²) in [5.74, 6) is -1.15. The summed E-state index contributed by atoms with van der Waals surface area (Å²) in [6.45, 7) is 3.26. The molecule has 1 amide bonds. The molecule has 0 saturated carbocycles. The van der Waals surface area contributed by atoms with E-state index in [1.165, 1.54) is 25.2 Å². The third-order valence-corrected chi connectivity index (χ3v) is 2.99. The minimum Gasteiger partial charge on any atom is -0.372 e. The van der Waals surface area contributed by atoms with E-state index in [-0.39, 0.29) is 10.7 Å². The van der Waals surface area contributed by atoms with Crippen molar-refractivity contribution in [3.8, 4) is 0 Å². The van der Waals surface area contributed by atoms with E-state index < -0.39 is 17.3 Å². The first-order valence-corrected chi connectivity index (χ1v) is 5.76. The molecule has 4 nitrogen and oxygen atoms in total. The van der Waals surface area contributed by atoms with Gasteiger partial charge >= 0.3 is 0 Å². The van der Waals surface area contributed by atoms with Gasteiger partial charge in [0.05, 0.1) is 5.56 Å². The maximum Gasteiger partial charge on any atom is 0.253 e. The van der Waals surface area contributed by atoms with Gasteiger partial charge in [-0.3, -0.25) is 9.59 Å². The van der Waals surface area contributed by atoms with Crippen molar-refractivity contribution in [2.45, 2.75) is 19.4 Å². The smallest absolute Gasteiger partial charge is 0.253 e. The molecule has 2 N–H and O–H groups in total. The summed E-state index contributed by atoms with van der Waals surface area (Å²) in [7, 11) is 1.43. The van der Waals surface area contributed by atoms with Crippen LogP contribution in [0.2, 0.25) is 0 Å². The largest absolute Gasteiger partial charge is 0.372 e. The van der Waals surface area contributed by atoms with Gasteiger partial charge in [-0.05, 0) is 32.0 Å². The molecule has 1 aromatic carbocycles. The molecule has 18 heavy (non-hydrogen) atoms. The number of anilines is 1. The van der Waals surface area contributed by atoms with Gasteiger partial charge in [0.2, 0.25) is 5.12 Å². The van der Waals surface area contributed by atoms with Crippen LogP contribution in [0.4, 0.5) is 10.1 Å². The van der Waals surface area contributed by atoms with Gasteiger partial charge in [0.15, 0.2) is 0 Å². The molecule has 0 aliphatic rings. The van der Waals surface area contributed by atoms with E-state index in [4.69, 9.17) is 0 Å². The molecule has 0 aromatic heterocycles. The van der Waals surface area contributed by atoms with E-state index in [0.717, 1.165) is 0 Å². The Morgan fingerprint density at radius 3 is 2.39 bits per heavy atom. The number of carbonyl (C=O) groups excluding carboxylic acids is 2. The third-order valence-electron chi connectivity index (χ3n) is 2.43. The summed E-state index contributed by atoms with van der Waals surface area (Å²) in [5.41, 5.74) is -0.546. The van der Waals surface area contributed by atoms with E-state index >= 15 is 0 Å². The van der Waals surface area contributed by atoms with E-state index in [9.17, 15) is 14.0 Å². The summed E-state index contributed by atoms with van der Waals surface area (Å²) >= 11 is 3.74. The van der Waals surface area contributed by atoms with Crippen LogP contribution in [0.1, 0.15) is 24.2 Å². The number of halogens is 1. The van der Waals surface area contributed by atoms with E-state index in [1.54, 1.807) is 13.8 Å². The van der Waals surface area contributed by atoms with Crippen molar-refractivity contribution in [1.82, 2.24) is 5.32 Å². The Balaban J connectivity index is 2.99. The Morgan fingerprint density at radius 2 is 1.94 bits per heavy atom. The average Bonchev–Trinajstić information content (AvgIpc) is 2.27. The van der Waals surface area contributed by atoms with E-state index in [0.29, 0.717) is 5.69 Å². The molecular weight excluding hydrogens is 255 g/mol. The highest BCUT2D eigenvalue weighted by molar-refractivity contribution is 7.96. The molecule has 0 heterocycles. The lowest BCUT2D eigenvalue weighted by molar-refractivity contribution is -0.113. The standard InChI is InChI=1S/C12H15FN2O2S/c1-12(2,11(17)18)15-7-4-5-8(9(13)6-7)10(16)14-3/h4-6,15H,1-3H3,(H,14,16)(H,17,18). The van der Waals surface area contributed by atoms with Crippen molar-refractivity contribution in [2.75, 3.05) is 12.4 Å². The lowest BCUT2D eigenvalue weighted by atomic mass is 10.1. The predicted octanol–water partition coefficient (Wildman–Crippen LogP) is 1.83. The van der Waals surface area contributed by atoms with E-state index in [1.807, 2.05) is 0 Å². The molecule has 0 unspecified atom stereocenters. The van der Waals surface area contributed by atoms with Gasteiger partial charge in [0.25, 0.3) is 5.91 Å². The van der Waals surface area contributed by atoms with E-state index in [2.05, 4.69) is 23.3 Å². The van der Waals surface area contributed by atoms with Crippen LogP contribution in [0, 0.1) is 5.82 Å². The molecule has 1 rings (SSSR count). The Bertz CT molecular complexity index is 489. The Kier molecular flexibility index (Phi) is 4.34. The van der Waals surface area contributed by atoms with Crippen LogP contribution in [0.15, 0.2) is 18.2 Å². The van der Waals surface area contributed by atoms with Gasteiger partial charge in [-0.2, -0.15) is 0 Å². The minimum absolute atomic E-state index is 0.0435. The van der Waals surface area contributed by atoms with Crippen LogP contribution < -0.4 is 10.6 Å². The van der Waals surface area contributed by atoms with Gasteiger partial charge in [-0.25, -0.2) is 4.39 Å². The second kappa shape index (κ2) is 5.39. The van der Waals surface area contributed by atoms with Crippen molar-refractivity contribution in [2.24, 2.45) is 0 Å². The zero-order valence-corrected chi connectivity index (χ0v) is 11.3. The van der Waals surface area contributed by atoms with Gasteiger partial charge in [0.1, 0.15) is 11.4 Å². The quantitative estimate of drug-likeness (QED) is 0.732. The topological polar surface area (TPSA) is 58.2 Å². The molecule has 98 valence electrons. The van der Waals surface area contributed by atoms with Crippen LogP contribution >= 0.6 is 12.6 Å². The first-order chi connectivity index (χ1) is 8.27. The Labute approximate surface area is 110 Å². The fourth-order valence-corrected chi connectivity index (χ4v) is 1.38. The number of amides is 1. The highest BCUT2D eigenvalue weighted by Gasteiger charge is 2.24. The normalized spacial score (nSPS) is 10.9. The highest BCUT2D eigenvalue weighted by Crippen LogP contribution is 2.20. The molecule has 0 saturated heterocycles. The van der Waals surface area contributed by atoms with Crippen molar-refractivity contribution >= 4 is 29.3 Å². The first-order valence-electron chi connectivity index (χ1n) is 5.31. The van der Waals surface area contributed by atoms with Crippen molar-refractivity contribution < 1.29 is 14.0 Å². The molecule has 6 heteroatoms. The molecule has 0 atom stereocenters. The minimum atomic E-state index is -0.913. The number of hydrogen-bond donors (Lipinski definition) is 3. The number of benzene rings is 1. The molecule has 0 fully saturated rings. The fraction of sp³-hybridized carbons (Fsp3) is 0.333. The van der Waals surface area contributed by atoms with Crippen molar-refractivity contribution in [3.05, 3.63) is 29.6 Å². The molecule has 0 aliphatic carbocycles. The summed E-state index contributed by atoms with van der Waals surface area (Å²) in [6, 6.07) is 4.06. The highest BCUT2D eigenvalue weighted by atomic mass is 32.1. The lowest BCUT2D eigenvalue weighted by Gasteiger charge is -2.23. The number of hydrogen-bond acceptors (Lipinski definition) is 3.